The van der Waals surface area contributed by atoms with E-state index in [0.29, 0.717) is 42.6 Å². The summed E-state index contributed by atoms with van der Waals surface area (Å²) in [5, 5.41) is 3.89. The van der Waals surface area contributed by atoms with E-state index in [1.807, 2.05) is 74.4 Å². The molecule has 0 bridgehead atoms. The zero-order valence-corrected chi connectivity index (χ0v) is 26.9. The lowest BCUT2D eigenvalue weighted by atomic mass is 10.1. The number of nitrogens with one attached hydrogen (secondary N) is 1. The summed E-state index contributed by atoms with van der Waals surface area (Å²) in [5.74, 6) is 0.933. The first kappa shape index (κ1) is 30.5. The fourth-order valence-electron chi connectivity index (χ4n) is 5.39. The van der Waals surface area contributed by atoms with Crippen LogP contribution < -0.4 is 21.5 Å². The van der Waals surface area contributed by atoms with Gasteiger partial charge < -0.3 is 19.5 Å². The van der Waals surface area contributed by atoms with Crippen LogP contribution in [0.15, 0.2) is 44.4 Å². The van der Waals surface area contributed by atoms with E-state index in [0.717, 1.165) is 33.9 Å². The van der Waals surface area contributed by atoms with Gasteiger partial charge >= 0.3 is 11.8 Å². The van der Waals surface area contributed by atoms with Crippen molar-refractivity contribution in [1.29, 1.82) is 0 Å². The number of piperidine rings is 1. The van der Waals surface area contributed by atoms with Crippen LogP contribution in [0, 0.1) is 6.92 Å². The van der Waals surface area contributed by atoms with Crippen LogP contribution >= 0.6 is 15.9 Å². The molecule has 0 unspecified atom stereocenters. The molecule has 3 aromatic heterocycles. The maximum atomic E-state index is 14.1. The molecule has 5 rings (SSSR count). The molecule has 1 aromatic carbocycles. The molecule has 0 spiro atoms. The van der Waals surface area contributed by atoms with Gasteiger partial charge in [-0.1, -0.05) is 40.2 Å². The number of halogens is 1. The van der Waals surface area contributed by atoms with Crippen LogP contribution in [0.1, 0.15) is 52.1 Å². The zero-order chi connectivity index (χ0) is 31.1. The van der Waals surface area contributed by atoms with Gasteiger partial charge in [-0.2, -0.15) is 4.98 Å². The van der Waals surface area contributed by atoms with Gasteiger partial charge in [-0.05, 0) is 58.0 Å². The van der Waals surface area contributed by atoms with Crippen molar-refractivity contribution in [1.82, 2.24) is 34.0 Å². The van der Waals surface area contributed by atoms with Crippen molar-refractivity contribution in [2.24, 2.45) is 7.05 Å². The smallest absolute Gasteiger partial charge is 0.407 e. The Hall–Kier alpha value is -4.00. The summed E-state index contributed by atoms with van der Waals surface area (Å²) >= 11 is 3.49. The van der Waals surface area contributed by atoms with E-state index in [1.165, 1.54) is 9.13 Å². The number of carbonyl (C=O) groups is 1. The minimum atomic E-state index is -0.604. The van der Waals surface area contributed by atoms with Crippen molar-refractivity contribution >= 4 is 50.0 Å². The van der Waals surface area contributed by atoms with Gasteiger partial charge in [0.25, 0.3) is 5.56 Å². The summed E-state index contributed by atoms with van der Waals surface area (Å²) in [4.78, 5) is 56.2. The highest BCUT2D eigenvalue weighted by atomic mass is 79.9. The highest BCUT2D eigenvalue weighted by Crippen LogP contribution is 2.24. The Balaban J connectivity index is 1.57. The number of anilines is 1. The van der Waals surface area contributed by atoms with Crippen LogP contribution in [0.3, 0.4) is 0 Å². The molecule has 1 amide bonds. The summed E-state index contributed by atoms with van der Waals surface area (Å²) in [6.45, 7) is 10.7. The highest BCUT2D eigenvalue weighted by molar-refractivity contribution is 9.11. The van der Waals surface area contributed by atoms with Crippen LogP contribution in [-0.4, -0.2) is 59.5 Å². The zero-order valence-electron chi connectivity index (χ0n) is 25.3. The molecule has 12 nitrogen and oxygen atoms in total. The number of benzene rings is 1. The summed E-state index contributed by atoms with van der Waals surface area (Å²) in [6.07, 6.45) is 3.06. The molecule has 1 fully saturated rings. The van der Waals surface area contributed by atoms with E-state index < -0.39 is 22.9 Å². The van der Waals surface area contributed by atoms with Gasteiger partial charge in [0.15, 0.2) is 11.2 Å². The summed E-state index contributed by atoms with van der Waals surface area (Å²) in [5.41, 5.74) is 0.553. The number of rotatable bonds is 6. The number of ether oxygens (including phenoxy) is 1. The largest absolute Gasteiger partial charge is 0.444 e. The predicted octanol–water partition coefficient (Wildman–Crippen LogP) is 3.99. The lowest BCUT2D eigenvalue weighted by Crippen LogP contribution is -2.49. The van der Waals surface area contributed by atoms with Crippen LogP contribution in [0.5, 0.6) is 0 Å². The second-order valence-corrected chi connectivity index (χ2v) is 13.1. The monoisotopic (exact) mass is 652 g/mol. The van der Waals surface area contributed by atoms with Crippen LogP contribution in [0.2, 0.25) is 0 Å². The molecule has 1 N–H and O–H groups in total. The SMILES string of the molecule is CC(Br)=CCn1c(N2CCC[C@@H](NC(=O)OC(C)(C)C)C2)nc2c1c(=O)n(Cc1nc(C)c3ccccc3n1)c(=O)n2C. The summed E-state index contributed by atoms with van der Waals surface area (Å²) in [6, 6.07) is 7.48. The molecular weight excluding hydrogens is 616 g/mol. The number of imidazole rings is 1. The third-order valence-corrected chi connectivity index (χ3v) is 7.66. The normalized spacial score (nSPS) is 16.2. The van der Waals surface area contributed by atoms with E-state index in [1.54, 1.807) is 7.05 Å². The van der Waals surface area contributed by atoms with Crippen LogP contribution in [-0.2, 0) is 24.9 Å². The lowest BCUT2D eigenvalue weighted by Gasteiger charge is -2.34. The van der Waals surface area contributed by atoms with E-state index in [-0.39, 0.29) is 12.6 Å². The number of nitrogens with zero attached hydrogens (tertiary/aromatic N) is 7. The molecule has 1 aliphatic heterocycles. The summed E-state index contributed by atoms with van der Waals surface area (Å²) in [7, 11) is 1.61. The second-order valence-electron chi connectivity index (χ2n) is 11.9. The average molecular weight is 654 g/mol. The maximum Gasteiger partial charge on any atom is 0.407 e. The summed E-state index contributed by atoms with van der Waals surface area (Å²) < 4.78 is 10.8. The first-order chi connectivity index (χ1) is 20.3. The maximum absolute atomic E-state index is 14.1. The van der Waals surface area contributed by atoms with Crippen molar-refractivity contribution in [2.75, 3.05) is 18.0 Å². The quantitative estimate of drug-likeness (QED) is 0.331. The third kappa shape index (κ3) is 6.51. The van der Waals surface area contributed by atoms with Crippen molar-refractivity contribution < 1.29 is 9.53 Å². The van der Waals surface area contributed by atoms with E-state index in [9.17, 15) is 14.4 Å². The Morgan fingerprint density at radius 1 is 1.16 bits per heavy atom. The standard InChI is InChI=1S/C30H37BrN8O4/c1-18(31)13-15-38-24-25(35-27(38)37-14-9-10-20(16-37)33-28(41)43-30(3,4)5)36(6)29(42)39(26(24)40)17-23-32-19(2)21-11-7-8-12-22(21)34-23/h7-8,11-13,20H,9-10,14-17H2,1-6H3,(H,33,41)/t20-/m1/s1. The number of aromatic nitrogens is 6. The van der Waals surface area contributed by atoms with Gasteiger partial charge in [-0.3, -0.25) is 13.9 Å². The average Bonchev–Trinajstić information content (AvgIpc) is 3.32. The fourth-order valence-corrected chi connectivity index (χ4v) is 5.53. The molecule has 13 heteroatoms. The molecule has 0 saturated carbocycles. The molecule has 1 aliphatic rings. The van der Waals surface area contributed by atoms with E-state index >= 15 is 0 Å². The Kier molecular flexibility index (Phi) is 8.46. The molecule has 1 atom stereocenters. The van der Waals surface area contributed by atoms with Gasteiger partial charge in [0.05, 0.1) is 12.1 Å². The number of fused-ring (bicyclic) bond motifs is 2. The van der Waals surface area contributed by atoms with Gasteiger partial charge in [0.2, 0.25) is 5.95 Å². The number of allylic oxidation sites excluding steroid dienone is 2. The molecule has 4 aromatic rings. The number of amides is 1. The predicted molar refractivity (Wildman–Crippen MR) is 170 cm³/mol. The lowest BCUT2D eigenvalue weighted by molar-refractivity contribution is 0.0499. The molecule has 43 heavy (non-hydrogen) atoms. The number of aryl methyl sites for hydroxylation is 2. The van der Waals surface area contributed by atoms with Gasteiger partial charge in [-0.15, -0.1) is 0 Å². The number of alkyl carbamates (subject to hydrolysis) is 1. The van der Waals surface area contributed by atoms with Crippen molar-refractivity contribution in [2.45, 2.75) is 72.2 Å². The molecule has 0 radical (unpaired) electrons. The fraction of sp³-hybridized carbons (Fsp3) is 0.467. The van der Waals surface area contributed by atoms with E-state index in [2.05, 4.69) is 31.2 Å². The molecule has 4 heterocycles. The van der Waals surface area contributed by atoms with Gasteiger partial charge in [0, 0.05) is 43.8 Å². The van der Waals surface area contributed by atoms with Crippen LogP contribution in [0.25, 0.3) is 22.1 Å². The van der Waals surface area contributed by atoms with Crippen molar-refractivity contribution in [3.05, 3.63) is 67.2 Å². The third-order valence-electron chi connectivity index (χ3n) is 7.33. The molecule has 228 valence electrons. The topological polar surface area (TPSA) is 129 Å². The van der Waals surface area contributed by atoms with E-state index in [4.69, 9.17) is 9.72 Å². The first-order valence-corrected chi connectivity index (χ1v) is 15.1. The minimum absolute atomic E-state index is 0.0768. The van der Waals surface area contributed by atoms with Crippen LogP contribution in [0.4, 0.5) is 10.7 Å². The highest BCUT2D eigenvalue weighted by Gasteiger charge is 2.29. The Labute approximate surface area is 257 Å². The Morgan fingerprint density at radius 2 is 1.91 bits per heavy atom. The number of carbonyl (C=O) groups excluding carboxylic acids is 1. The van der Waals surface area contributed by atoms with Crippen molar-refractivity contribution in [3.63, 3.8) is 0 Å². The molecule has 0 aliphatic carbocycles. The number of para-hydroxylation sites is 1. The molecular formula is C30H37BrN8O4. The second kappa shape index (κ2) is 11.9. The molecule has 1 saturated heterocycles. The first-order valence-electron chi connectivity index (χ1n) is 14.3. The van der Waals surface area contributed by atoms with Crippen molar-refractivity contribution in [3.8, 4) is 0 Å². The number of hydrogen-bond acceptors (Lipinski definition) is 8. The number of hydrogen-bond donors (Lipinski definition) is 1. The van der Waals surface area contributed by atoms with Gasteiger partial charge in [-0.25, -0.2) is 19.6 Å². The Morgan fingerprint density at radius 3 is 2.63 bits per heavy atom. The Bertz CT molecular complexity index is 1850. The van der Waals surface area contributed by atoms with Gasteiger partial charge in [0.1, 0.15) is 11.4 Å². The minimum Gasteiger partial charge on any atom is -0.444 e.